The molecule has 0 saturated carbocycles. The van der Waals surface area contributed by atoms with Gasteiger partial charge in [0.2, 0.25) is 15.9 Å². The summed E-state index contributed by atoms with van der Waals surface area (Å²) in [5.74, 6) is -0.223. The Kier molecular flexibility index (Phi) is 8.11. The summed E-state index contributed by atoms with van der Waals surface area (Å²) in [4.78, 5) is 11.4. The predicted molar refractivity (Wildman–Crippen MR) is 68.0 cm³/mol. The Hall–Kier alpha value is -0.660. The molecule has 102 valence electrons. The summed E-state index contributed by atoms with van der Waals surface area (Å²) in [5, 5.41) is 2.64. The molecule has 0 heterocycles. The maximum Gasteiger partial charge on any atom is 0.235 e. The van der Waals surface area contributed by atoms with Crippen molar-refractivity contribution in [3.05, 3.63) is 0 Å². The fraction of sp³-hybridized carbons (Fsp3) is 0.900. The van der Waals surface area contributed by atoms with Gasteiger partial charge in [0.05, 0.1) is 12.3 Å². The first-order valence-corrected chi connectivity index (χ1v) is 7.45. The van der Waals surface area contributed by atoms with Gasteiger partial charge in [-0.2, -0.15) is 4.31 Å². The van der Waals surface area contributed by atoms with Gasteiger partial charge in [-0.15, -0.1) is 0 Å². The number of carbonyl (C=O) groups is 1. The Morgan fingerprint density at radius 3 is 2.53 bits per heavy atom. The van der Waals surface area contributed by atoms with Crippen molar-refractivity contribution in [2.75, 3.05) is 32.4 Å². The normalized spacial score (nSPS) is 11.8. The third-order valence-corrected chi connectivity index (χ3v) is 4.15. The van der Waals surface area contributed by atoms with Crippen LogP contribution in [-0.4, -0.2) is 51.1 Å². The number of likely N-dealkylation sites (N-methyl/N-ethyl adjacent to an activating group) is 1. The van der Waals surface area contributed by atoms with E-state index in [1.165, 1.54) is 7.05 Å². The van der Waals surface area contributed by atoms with Crippen LogP contribution in [0.25, 0.3) is 0 Å². The van der Waals surface area contributed by atoms with E-state index in [0.29, 0.717) is 25.9 Å². The molecule has 0 atom stereocenters. The number of unbranched alkanes of at least 4 members (excludes halogenated alkanes) is 1. The third kappa shape index (κ3) is 7.30. The maximum atomic E-state index is 11.7. The van der Waals surface area contributed by atoms with Gasteiger partial charge < -0.3 is 11.1 Å². The molecular formula is C10H23N3O3S. The van der Waals surface area contributed by atoms with Crippen LogP contribution in [0.15, 0.2) is 0 Å². The molecule has 3 N–H and O–H groups in total. The lowest BCUT2D eigenvalue weighted by atomic mass is 10.3. The fourth-order valence-electron chi connectivity index (χ4n) is 1.21. The molecule has 0 fully saturated rings. The maximum absolute atomic E-state index is 11.7. The molecule has 0 aliphatic rings. The van der Waals surface area contributed by atoms with E-state index in [1.54, 1.807) is 0 Å². The number of carbonyl (C=O) groups excluding carboxylic acids is 1. The smallest absolute Gasteiger partial charge is 0.235 e. The van der Waals surface area contributed by atoms with Crippen LogP contribution in [0.1, 0.15) is 26.2 Å². The molecule has 0 bridgehead atoms. The summed E-state index contributed by atoms with van der Waals surface area (Å²) in [6, 6.07) is 0. The quantitative estimate of drug-likeness (QED) is 0.550. The molecule has 0 unspecified atom stereocenters. The molecule has 0 aromatic rings. The molecule has 0 aliphatic heterocycles. The zero-order valence-corrected chi connectivity index (χ0v) is 11.4. The van der Waals surface area contributed by atoms with Crippen molar-refractivity contribution < 1.29 is 13.2 Å². The van der Waals surface area contributed by atoms with Gasteiger partial charge in [-0.25, -0.2) is 8.42 Å². The van der Waals surface area contributed by atoms with Crippen LogP contribution < -0.4 is 11.1 Å². The lowest BCUT2D eigenvalue weighted by Gasteiger charge is -2.16. The van der Waals surface area contributed by atoms with Crippen LogP contribution in [-0.2, 0) is 14.8 Å². The van der Waals surface area contributed by atoms with Crippen molar-refractivity contribution in [3.8, 4) is 0 Å². The second-order valence-electron chi connectivity index (χ2n) is 3.92. The number of hydrogen-bond acceptors (Lipinski definition) is 4. The molecule has 0 saturated heterocycles. The highest BCUT2D eigenvalue weighted by Gasteiger charge is 2.19. The first kappa shape index (κ1) is 16.3. The van der Waals surface area contributed by atoms with Crippen LogP contribution in [0.5, 0.6) is 0 Å². The zero-order valence-electron chi connectivity index (χ0n) is 10.6. The highest BCUT2D eigenvalue weighted by atomic mass is 32.2. The van der Waals surface area contributed by atoms with Crippen LogP contribution in [0.4, 0.5) is 0 Å². The summed E-state index contributed by atoms with van der Waals surface area (Å²) in [5.41, 5.74) is 5.30. The van der Waals surface area contributed by atoms with Gasteiger partial charge in [-0.3, -0.25) is 4.79 Å². The molecular weight excluding hydrogens is 242 g/mol. The van der Waals surface area contributed by atoms with Crippen LogP contribution >= 0.6 is 0 Å². The summed E-state index contributed by atoms with van der Waals surface area (Å²) < 4.78 is 24.5. The first-order chi connectivity index (χ1) is 7.94. The van der Waals surface area contributed by atoms with E-state index in [2.05, 4.69) is 5.32 Å². The van der Waals surface area contributed by atoms with E-state index in [9.17, 15) is 13.2 Å². The standard InChI is InChI=1S/C10H23N3O3S/c1-3-7-12-10(14)9-13(2)17(15,16)8-5-4-6-11/h3-9,11H2,1-2H3,(H,12,14). The summed E-state index contributed by atoms with van der Waals surface area (Å²) in [6.45, 7) is 2.87. The number of amides is 1. The Labute approximate surface area is 104 Å². The second kappa shape index (κ2) is 8.43. The SMILES string of the molecule is CCCNC(=O)CN(C)S(=O)(=O)CCCCN. The van der Waals surface area contributed by atoms with Gasteiger partial charge in [0.15, 0.2) is 0 Å². The van der Waals surface area contributed by atoms with Crippen molar-refractivity contribution in [2.24, 2.45) is 5.73 Å². The minimum Gasteiger partial charge on any atom is -0.355 e. The molecule has 1 amide bonds. The van der Waals surface area contributed by atoms with Crippen molar-refractivity contribution in [1.29, 1.82) is 0 Å². The Morgan fingerprint density at radius 1 is 1.35 bits per heavy atom. The number of nitrogens with one attached hydrogen (secondary N) is 1. The Morgan fingerprint density at radius 2 is 2.00 bits per heavy atom. The zero-order chi connectivity index (χ0) is 13.3. The van der Waals surface area contributed by atoms with E-state index in [1.807, 2.05) is 6.92 Å². The van der Waals surface area contributed by atoms with E-state index in [4.69, 9.17) is 5.73 Å². The largest absolute Gasteiger partial charge is 0.355 e. The number of rotatable bonds is 9. The number of hydrogen-bond donors (Lipinski definition) is 2. The molecule has 0 spiro atoms. The molecule has 0 aromatic heterocycles. The van der Waals surface area contributed by atoms with Gasteiger partial charge in [-0.1, -0.05) is 6.92 Å². The van der Waals surface area contributed by atoms with Gasteiger partial charge in [-0.05, 0) is 25.8 Å². The average Bonchev–Trinajstić information content (AvgIpc) is 2.26. The van der Waals surface area contributed by atoms with Crippen LogP contribution in [0, 0.1) is 0 Å². The molecule has 0 aromatic carbocycles. The Balaban J connectivity index is 4.10. The minimum atomic E-state index is -3.34. The van der Waals surface area contributed by atoms with Crippen LogP contribution in [0.2, 0.25) is 0 Å². The molecule has 0 aliphatic carbocycles. The molecule has 6 nitrogen and oxygen atoms in total. The van der Waals surface area contributed by atoms with Gasteiger partial charge >= 0.3 is 0 Å². The fourth-order valence-corrected chi connectivity index (χ4v) is 2.40. The first-order valence-electron chi connectivity index (χ1n) is 5.84. The molecule has 17 heavy (non-hydrogen) atoms. The third-order valence-electron chi connectivity index (χ3n) is 2.27. The van der Waals surface area contributed by atoms with E-state index < -0.39 is 10.0 Å². The number of sulfonamides is 1. The van der Waals surface area contributed by atoms with Gasteiger partial charge in [0.1, 0.15) is 0 Å². The Bertz CT molecular complexity index is 317. The van der Waals surface area contributed by atoms with E-state index >= 15 is 0 Å². The molecule has 7 heteroatoms. The lowest BCUT2D eigenvalue weighted by Crippen LogP contribution is -2.39. The number of nitrogens with zero attached hydrogens (tertiary/aromatic N) is 1. The minimum absolute atomic E-state index is 0.0434. The van der Waals surface area contributed by atoms with Crippen molar-refractivity contribution in [3.63, 3.8) is 0 Å². The predicted octanol–water partition coefficient (Wildman–Crippen LogP) is -0.487. The van der Waals surface area contributed by atoms with Crippen molar-refractivity contribution in [1.82, 2.24) is 9.62 Å². The summed E-state index contributed by atoms with van der Waals surface area (Å²) >= 11 is 0. The van der Waals surface area contributed by atoms with Crippen molar-refractivity contribution >= 4 is 15.9 Å². The highest BCUT2D eigenvalue weighted by molar-refractivity contribution is 7.89. The highest BCUT2D eigenvalue weighted by Crippen LogP contribution is 2.01. The van der Waals surface area contributed by atoms with E-state index in [0.717, 1.165) is 10.7 Å². The van der Waals surface area contributed by atoms with Crippen LogP contribution in [0.3, 0.4) is 0 Å². The average molecular weight is 265 g/mol. The van der Waals surface area contributed by atoms with Crippen molar-refractivity contribution in [2.45, 2.75) is 26.2 Å². The number of nitrogens with two attached hydrogens (primary N) is 1. The lowest BCUT2D eigenvalue weighted by molar-refractivity contribution is -0.121. The molecule has 0 rings (SSSR count). The second-order valence-corrected chi connectivity index (χ2v) is 6.11. The monoisotopic (exact) mass is 265 g/mol. The summed E-state index contributed by atoms with van der Waals surface area (Å²) in [7, 11) is -1.92. The topological polar surface area (TPSA) is 92.5 Å². The van der Waals surface area contributed by atoms with E-state index in [-0.39, 0.29) is 18.2 Å². The summed E-state index contributed by atoms with van der Waals surface area (Å²) in [6.07, 6.45) is 2.04. The van der Waals surface area contributed by atoms with Gasteiger partial charge in [0, 0.05) is 13.6 Å². The van der Waals surface area contributed by atoms with Gasteiger partial charge in [0.25, 0.3) is 0 Å². The molecule has 0 radical (unpaired) electrons.